The zero-order valence-electron chi connectivity index (χ0n) is 15.2. The minimum absolute atomic E-state index is 0.276. The first-order valence-electron chi connectivity index (χ1n) is 9.39. The lowest BCUT2D eigenvalue weighted by molar-refractivity contribution is -0.143. The number of aromatic nitrogens is 2. The molecule has 1 fully saturated rings. The molecule has 2 aromatic rings. The van der Waals surface area contributed by atoms with Gasteiger partial charge >= 0.3 is 5.97 Å². The SMILES string of the molecule is Cc1cccc(F)c1-n1nc(C(=O)N2CCCCC2C(=O)O)c2c1CCC2. The molecule has 1 aromatic heterocycles. The Balaban J connectivity index is 1.79. The standard InChI is InChI=1S/C20H22FN3O3/c1-12-6-4-8-14(21)18(12)24-15-10-5-7-13(15)17(22-24)19(25)23-11-3-2-9-16(23)20(26)27/h4,6,8,16H,2-3,5,7,9-11H2,1H3,(H,26,27). The van der Waals surface area contributed by atoms with Gasteiger partial charge in [-0.1, -0.05) is 12.1 Å². The van der Waals surface area contributed by atoms with Gasteiger partial charge in [-0.05, 0) is 57.1 Å². The van der Waals surface area contributed by atoms with E-state index in [0.29, 0.717) is 25.1 Å². The number of carbonyl (C=O) groups is 2. The molecule has 1 amide bonds. The zero-order chi connectivity index (χ0) is 19.1. The van der Waals surface area contributed by atoms with Gasteiger partial charge in [-0.15, -0.1) is 0 Å². The number of amides is 1. The quantitative estimate of drug-likeness (QED) is 0.900. The van der Waals surface area contributed by atoms with Gasteiger partial charge in [0.15, 0.2) is 5.69 Å². The average molecular weight is 371 g/mol. The predicted octanol–water partition coefficient (Wildman–Crippen LogP) is 2.89. The molecular weight excluding hydrogens is 349 g/mol. The van der Waals surface area contributed by atoms with Crippen LogP contribution in [-0.4, -0.2) is 44.3 Å². The molecule has 1 atom stereocenters. The predicted molar refractivity (Wildman–Crippen MR) is 96.6 cm³/mol. The number of carboxylic acid groups (broad SMARTS) is 1. The molecule has 0 saturated carbocycles. The number of aryl methyl sites for hydroxylation is 1. The number of nitrogens with zero attached hydrogens (tertiary/aromatic N) is 3. The van der Waals surface area contributed by atoms with E-state index in [9.17, 15) is 19.1 Å². The second kappa shape index (κ2) is 6.79. The van der Waals surface area contributed by atoms with Crippen molar-refractivity contribution in [1.82, 2.24) is 14.7 Å². The van der Waals surface area contributed by atoms with Crippen LogP contribution in [0.15, 0.2) is 18.2 Å². The Bertz CT molecular complexity index is 901. The molecule has 1 unspecified atom stereocenters. The van der Waals surface area contributed by atoms with Crippen LogP contribution >= 0.6 is 0 Å². The summed E-state index contributed by atoms with van der Waals surface area (Å²) in [7, 11) is 0. The first-order chi connectivity index (χ1) is 13.0. The summed E-state index contributed by atoms with van der Waals surface area (Å²) in [5.74, 6) is -1.72. The van der Waals surface area contributed by atoms with Crippen LogP contribution in [0, 0.1) is 12.7 Å². The van der Waals surface area contributed by atoms with E-state index in [0.717, 1.165) is 42.5 Å². The summed E-state index contributed by atoms with van der Waals surface area (Å²) >= 11 is 0. The number of likely N-dealkylation sites (tertiary alicyclic amines) is 1. The molecule has 27 heavy (non-hydrogen) atoms. The van der Waals surface area contributed by atoms with Crippen molar-refractivity contribution in [1.29, 1.82) is 0 Å². The average Bonchev–Trinajstić information content (AvgIpc) is 3.24. The number of benzene rings is 1. The highest BCUT2D eigenvalue weighted by Gasteiger charge is 2.36. The van der Waals surface area contributed by atoms with Crippen molar-refractivity contribution < 1.29 is 19.1 Å². The Morgan fingerprint density at radius 2 is 2.04 bits per heavy atom. The number of piperidine rings is 1. The largest absolute Gasteiger partial charge is 0.480 e. The Morgan fingerprint density at radius 3 is 2.78 bits per heavy atom. The second-order valence-electron chi connectivity index (χ2n) is 7.29. The van der Waals surface area contributed by atoms with E-state index < -0.39 is 12.0 Å². The van der Waals surface area contributed by atoms with E-state index in [-0.39, 0.29) is 17.4 Å². The van der Waals surface area contributed by atoms with Gasteiger partial charge in [0.1, 0.15) is 17.5 Å². The summed E-state index contributed by atoms with van der Waals surface area (Å²) in [4.78, 5) is 26.2. The fourth-order valence-electron chi connectivity index (χ4n) is 4.25. The normalized spacial score (nSPS) is 19.2. The van der Waals surface area contributed by atoms with Crippen molar-refractivity contribution in [3.05, 3.63) is 46.5 Å². The molecule has 2 aliphatic rings. The molecule has 7 heteroatoms. The first-order valence-corrected chi connectivity index (χ1v) is 9.39. The van der Waals surface area contributed by atoms with Gasteiger partial charge in [0.25, 0.3) is 5.91 Å². The Hall–Kier alpha value is -2.70. The molecule has 142 valence electrons. The number of rotatable bonds is 3. The molecule has 0 radical (unpaired) electrons. The van der Waals surface area contributed by atoms with Crippen LogP contribution in [-0.2, 0) is 17.6 Å². The molecule has 2 heterocycles. The third-order valence-corrected chi connectivity index (χ3v) is 5.58. The topological polar surface area (TPSA) is 75.4 Å². The molecule has 1 aliphatic carbocycles. The Morgan fingerprint density at radius 1 is 1.22 bits per heavy atom. The summed E-state index contributed by atoms with van der Waals surface area (Å²) in [5.41, 5.74) is 3.07. The molecule has 1 N–H and O–H groups in total. The highest BCUT2D eigenvalue weighted by atomic mass is 19.1. The smallest absolute Gasteiger partial charge is 0.326 e. The third-order valence-electron chi connectivity index (χ3n) is 5.58. The maximum atomic E-state index is 14.5. The van der Waals surface area contributed by atoms with E-state index in [1.165, 1.54) is 11.0 Å². The number of halogens is 1. The summed E-state index contributed by atoms with van der Waals surface area (Å²) in [6, 6.07) is 4.03. The minimum atomic E-state index is -0.982. The van der Waals surface area contributed by atoms with E-state index in [2.05, 4.69) is 5.10 Å². The van der Waals surface area contributed by atoms with Crippen molar-refractivity contribution in [2.24, 2.45) is 0 Å². The van der Waals surface area contributed by atoms with Gasteiger partial charge in [0, 0.05) is 17.8 Å². The Labute approximate surface area is 156 Å². The van der Waals surface area contributed by atoms with Crippen molar-refractivity contribution >= 4 is 11.9 Å². The number of para-hydroxylation sites is 1. The lowest BCUT2D eigenvalue weighted by atomic mass is 10.0. The summed E-state index contributed by atoms with van der Waals surface area (Å²) in [6.07, 6.45) is 4.34. The first kappa shape index (κ1) is 17.7. The van der Waals surface area contributed by atoms with Gasteiger partial charge in [0.2, 0.25) is 0 Å². The minimum Gasteiger partial charge on any atom is -0.480 e. The fraction of sp³-hybridized carbons (Fsp3) is 0.450. The van der Waals surface area contributed by atoms with Gasteiger partial charge < -0.3 is 10.0 Å². The fourth-order valence-corrected chi connectivity index (χ4v) is 4.25. The third kappa shape index (κ3) is 2.91. The van der Waals surface area contributed by atoms with E-state index in [1.54, 1.807) is 10.7 Å². The Kier molecular flexibility index (Phi) is 4.45. The molecule has 1 aliphatic heterocycles. The molecular formula is C20H22FN3O3. The molecule has 4 rings (SSSR count). The zero-order valence-corrected chi connectivity index (χ0v) is 15.2. The van der Waals surface area contributed by atoms with Crippen molar-refractivity contribution in [2.45, 2.75) is 51.5 Å². The highest BCUT2D eigenvalue weighted by molar-refractivity contribution is 5.96. The van der Waals surface area contributed by atoms with Gasteiger partial charge in [0.05, 0.1) is 0 Å². The maximum Gasteiger partial charge on any atom is 0.326 e. The summed E-state index contributed by atoms with van der Waals surface area (Å²) in [6.45, 7) is 2.23. The number of carbonyl (C=O) groups excluding carboxylic acids is 1. The monoisotopic (exact) mass is 371 g/mol. The lowest BCUT2D eigenvalue weighted by Gasteiger charge is -2.32. The van der Waals surface area contributed by atoms with Crippen LogP contribution < -0.4 is 0 Å². The summed E-state index contributed by atoms with van der Waals surface area (Å²) < 4.78 is 16.1. The maximum absolute atomic E-state index is 14.5. The number of hydrogen-bond donors (Lipinski definition) is 1. The molecule has 6 nitrogen and oxygen atoms in total. The number of aliphatic carboxylic acids is 1. The molecule has 0 bridgehead atoms. The van der Waals surface area contributed by atoms with E-state index in [4.69, 9.17) is 0 Å². The van der Waals surface area contributed by atoms with Gasteiger partial charge in [-0.25, -0.2) is 13.9 Å². The van der Waals surface area contributed by atoms with Crippen LogP contribution in [0.1, 0.15) is 53.0 Å². The van der Waals surface area contributed by atoms with E-state index >= 15 is 0 Å². The number of carboxylic acids is 1. The number of fused-ring (bicyclic) bond motifs is 1. The lowest BCUT2D eigenvalue weighted by Crippen LogP contribution is -2.48. The van der Waals surface area contributed by atoms with E-state index in [1.807, 2.05) is 13.0 Å². The van der Waals surface area contributed by atoms with Crippen molar-refractivity contribution in [3.63, 3.8) is 0 Å². The number of hydrogen-bond acceptors (Lipinski definition) is 3. The molecule has 0 spiro atoms. The van der Waals surface area contributed by atoms with Crippen molar-refractivity contribution in [3.8, 4) is 5.69 Å². The second-order valence-corrected chi connectivity index (χ2v) is 7.29. The van der Waals surface area contributed by atoms with Crippen LogP contribution in [0.25, 0.3) is 5.69 Å². The van der Waals surface area contributed by atoms with Crippen LogP contribution in [0.3, 0.4) is 0 Å². The van der Waals surface area contributed by atoms with Crippen molar-refractivity contribution in [2.75, 3.05) is 6.54 Å². The highest BCUT2D eigenvalue weighted by Crippen LogP contribution is 2.31. The van der Waals surface area contributed by atoms with Crippen LogP contribution in [0.2, 0.25) is 0 Å². The van der Waals surface area contributed by atoms with Gasteiger partial charge in [-0.2, -0.15) is 5.10 Å². The molecule has 1 aromatic carbocycles. The molecule has 1 saturated heterocycles. The summed E-state index contributed by atoms with van der Waals surface area (Å²) in [5, 5.41) is 14.0. The van der Waals surface area contributed by atoms with Crippen LogP contribution in [0.4, 0.5) is 4.39 Å². The van der Waals surface area contributed by atoms with Crippen LogP contribution in [0.5, 0.6) is 0 Å². The van der Waals surface area contributed by atoms with Gasteiger partial charge in [-0.3, -0.25) is 4.79 Å².